The molecule has 0 fully saturated rings. The molecule has 0 aromatic heterocycles. The third kappa shape index (κ3) is 14.4. The Morgan fingerprint density at radius 3 is 1.25 bits per heavy atom. The molecule has 48 heavy (non-hydrogen) atoms. The van der Waals surface area contributed by atoms with E-state index in [9.17, 15) is 8.42 Å². The van der Waals surface area contributed by atoms with Gasteiger partial charge in [-0.15, -0.1) is 0 Å². The van der Waals surface area contributed by atoms with Crippen LogP contribution in [-0.2, 0) is 20.1 Å². The van der Waals surface area contributed by atoms with E-state index in [2.05, 4.69) is 43.3 Å². The van der Waals surface area contributed by atoms with Crippen LogP contribution in [0.4, 0.5) is 0 Å². The molecule has 0 radical (unpaired) electrons. The van der Waals surface area contributed by atoms with E-state index in [0.29, 0.717) is 6.61 Å². The van der Waals surface area contributed by atoms with Crippen LogP contribution >= 0.6 is 7.92 Å². The average Bonchev–Trinajstić information content (AvgIpc) is 3.12. The number of ether oxygens (including phenoxy) is 3. The third-order valence-electron chi connectivity index (χ3n) is 7.94. The predicted molar refractivity (Wildman–Crippen MR) is 202 cm³/mol. The van der Waals surface area contributed by atoms with Gasteiger partial charge in [0.15, 0.2) is 0 Å². The Morgan fingerprint density at radius 1 is 0.500 bits per heavy atom. The van der Waals surface area contributed by atoms with E-state index in [-0.39, 0.29) is 5.75 Å². The topological polar surface area (TPSA) is 71.1 Å². The lowest BCUT2D eigenvalue weighted by atomic mass is 10.1. The summed E-state index contributed by atoms with van der Waals surface area (Å²) in [6.07, 6.45) is 12.3. The molecule has 0 spiro atoms. The largest absolute Gasteiger partial charge is 0.497 e. The summed E-state index contributed by atoms with van der Waals surface area (Å²) in [5, 5.41) is 3.81. The fraction of sp³-hybridized carbons (Fsp3) is 0.400. The summed E-state index contributed by atoms with van der Waals surface area (Å²) in [5.74, 6) is 2.56. The third-order valence-corrected chi connectivity index (χ3v) is 11.6. The van der Waals surface area contributed by atoms with Crippen LogP contribution in [0.25, 0.3) is 0 Å². The summed E-state index contributed by atoms with van der Waals surface area (Å²) in [6.45, 7) is 2.55. The van der Waals surface area contributed by atoms with E-state index in [1.807, 2.05) is 54.6 Å². The molecular weight excluding hydrogens is 639 g/mol. The lowest BCUT2D eigenvalue weighted by molar-refractivity contribution is 0.305. The SMILES string of the molecule is CCCCCCCCCCCCOS(=O)(=O)Cc1ccccc1.COc1ccc(P(c2ccc(OC)cc2)c2ccc(OC)cc2)cc1. The highest BCUT2D eigenvalue weighted by Gasteiger charge is 2.17. The van der Waals surface area contributed by atoms with Gasteiger partial charge in [-0.3, -0.25) is 4.18 Å². The second-order valence-corrected chi connectivity index (χ2v) is 15.5. The summed E-state index contributed by atoms with van der Waals surface area (Å²) in [6, 6.07) is 34.1. The first-order valence-electron chi connectivity index (χ1n) is 17.0. The van der Waals surface area contributed by atoms with Crippen molar-refractivity contribution in [1.82, 2.24) is 0 Å². The first kappa shape index (κ1) is 39.1. The smallest absolute Gasteiger partial charge is 0.271 e. The zero-order valence-corrected chi connectivity index (χ0v) is 30.8. The number of unbranched alkanes of at least 4 members (excludes halogenated alkanes) is 9. The summed E-state index contributed by atoms with van der Waals surface area (Å²) < 4.78 is 44.6. The van der Waals surface area contributed by atoms with Crippen LogP contribution in [0, 0.1) is 0 Å². The van der Waals surface area contributed by atoms with Crippen LogP contribution in [0.5, 0.6) is 17.2 Å². The van der Waals surface area contributed by atoms with Crippen molar-refractivity contribution in [3.05, 3.63) is 109 Å². The number of rotatable bonds is 20. The average molecular weight is 693 g/mol. The van der Waals surface area contributed by atoms with Crippen LogP contribution in [0.3, 0.4) is 0 Å². The molecule has 8 heteroatoms. The van der Waals surface area contributed by atoms with Crippen molar-refractivity contribution in [2.45, 2.75) is 76.9 Å². The van der Waals surface area contributed by atoms with E-state index < -0.39 is 18.0 Å². The van der Waals surface area contributed by atoms with Crippen LogP contribution in [0.1, 0.15) is 76.7 Å². The molecule has 6 nitrogen and oxygen atoms in total. The summed E-state index contributed by atoms with van der Waals surface area (Å²) >= 11 is 0. The highest BCUT2D eigenvalue weighted by atomic mass is 32.2. The molecule has 0 amide bonds. The Morgan fingerprint density at radius 2 is 0.875 bits per heavy atom. The van der Waals surface area contributed by atoms with Crippen LogP contribution in [0.2, 0.25) is 0 Å². The summed E-state index contributed by atoms with van der Waals surface area (Å²) in [5.41, 5.74) is 0.774. The Labute approximate surface area is 290 Å². The lowest BCUT2D eigenvalue weighted by Crippen LogP contribution is -2.20. The van der Waals surface area contributed by atoms with Crippen LogP contribution in [-0.4, -0.2) is 36.4 Å². The molecular formula is C40H53O6PS. The standard InChI is InChI=1S/C21H21O3P.C19H32O3S/c1-22-16-4-10-19(11-5-16)25(20-12-6-17(23-2)7-13-20)21-14-8-18(24-3)9-15-21;1-2-3-4-5-6-7-8-9-10-14-17-22-23(20,21)18-19-15-12-11-13-16-19/h4-15H,1-3H3;11-13,15-16H,2-10,14,17-18H2,1H3. The molecule has 0 saturated heterocycles. The van der Waals surface area contributed by atoms with Gasteiger partial charge in [-0.25, -0.2) is 0 Å². The lowest BCUT2D eigenvalue weighted by Gasteiger charge is -2.20. The van der Waals surface area contributed by atoms with Gasteiger partial charge in [0.2, 0.25) is 0 Å². The van der Waals surface area contributed by atoms with Crippen LogP contribution in [0.15, 0.2) is 103 Å². The van der Waals surface area contributed by atoms with Crippen LogP contribution < -0.4 is 30.1 Å². The van der Waals surface area contributed by atoms with Gasteiger partial charge in [-0.1, -0.05) is 131 Å². The molecule has 0 heterocycles. The normalized spacial score (nSPS) is 11.1. The molecule has 0 aliphatic heterocycles. The Bertz CT molecular complexity index is 1400. The molecule has 0 bridgehead atoms. The Balaban J connectivity index is 0.000000262. The maximum absolute atomic E-state index is 11.8. The maximum Gasteiger partial charge on any atom is 0.271 e. The second-order valence-electron chi connectivity index (χ2n) is 11.6. The fourth-order valence-electron chi connectivity index (χ4n) is 5.24. The van der Waals surface area contributed by atoms with Gasteiger partial charge in [0.25, 0.3) is 10.1 Å². The molecule has 4 aromatic rings. The number of hydrogen-bond acceptors (Lipinski definition) is 6. The highest BCUT2D eigenvalue weighted by molar-refractivity contribution is 7.85. The quantitative estimate of drug-likeness (QED) is 0.0524. The zero-order chi connectivity index (χ0) is 34.5. The first-order chi connectivity index (χ1) is 23.4. The zero-order valence-electron chi connectivity index (χ0n) is 29.1. The molecule has 4 rings (SSSR count). The summed E-state index contributed by atoms with van der Waals surface area (Å²) in [4.78, 5) is 0. The van der Waals surface area contributed by atoms with E-state index in [1.165, 1.54) is 67.3 Å². The molecule has 4 aromatic carbocycles. The predicted octanol–water partition coefficient (Wildman–Crippen LogP) is 8.92. The Hall–Kier alpha value is -3.38. The van der Waals surface area contributed by atoms with Crippen molar-refractivity contribution in [1.29, 1.82) is 0 Å². The molecule has 260 valence electrons. The van der Waals surface area contributed by atoms with Crippen molar-refractivity contribution in [3.63, 3.8) is 0 Å². The van der Waals surface area contributed by atoms with E-state index in [4.69, 9.17) is 18.4 Å². The van der Waals surface area contributed by atoms with Gasteiger partial charge in [-0.2, -0.15) is 8.42 Å². The first-order valence-corrected chi connectivity index (χ1v) is 19.9. The molecule has 0 saturated carbocycles. The monoisotopic (exact) mass is 692 g/mol. The minimum Gasteiger partial charge on any atom is -0.497 e. The number of benzene rings is 4. The number of methoxy groups -OCH3 is 3. The molecule has 0 aliphatic carbocycles. The van der Waals surface area contributed by atoms with Gasteiger partial charge in [0.1, 0.15) is 23.0 Å². The second kappa shape index (κ2) is 22.3. The summed E-state index contributed by atoms with van der Waals surface area (Å²) in [7, 11) is 0.946. The van der Waals surface area contributed by atoms with Gasteiger partial charge >= 0.3 is 0 Å². The van der Waals surface area contributed by atoms with Crippen molar-refractivity contribution in [3.8, 4) is 17.2 Å². The van der Waals surface area contributed by atoms with E-state index >= 15 is 0 Å². The van der Waals surface area contributed by atoms with Gasteiger partial charge in [0.05, 0.1) is 27.9 Å². The fourth-order valence-corrected chi connectivity index (χ4v) is 8.53. The molecule has 0 atom stereocenters. The molecule has 0 N–H and O–H groups in total. The van der Waals surface area contributed by atoms with Crippen molar-refractivity contribution in [2.75, 3.05) is 27.9 Å². The van der Waals surface area contributed by atoms with Crippen molar-refractivity contribution < 1.29 is 26.8 Å². The van der Waals surface area contributed by atoms with Gasteiger partial charge < -0.3 is 14.2 Å². The molecule has 0 aliphatic rings. The van der Waals surface area contributed by atoms with E-state index in [0.717, 1.165) is 35.7 Å². The minimum absolute atomic E-state index is 0.0361. The number of hydrogen-bond donors (Lipinski definition) is 0. The van der Waals surface area contributed by atoms with Gasteiger partial charge in [-0.05, 0) is 72.2 Å². The van der Waals surface area contributed by atoms with Crippen molar-refractivity contribution in [2.24, 2.45) is 0 Å². The van der Waals surface area contributed by atoms with E-state index in [1.54, 1.807) is 33.5 Å². The highest BCUT2D eigenvalue weighted by Crippen LogP contribution is 2.34. The Kier molecular flexibility index (Phi) is 18.1. The van der Waals surface area contributed by atoms with Gasteiger partial charge in [0, 0.05) is 0 Å². The van der Waals surface area contributed by atoms with Crippen molar-refractivity contribution >= 4 is 34.0 Å². The maximum atomic E-state index is 11.8. The minimum atomic E-state index is -3.44. The molecule has 0 unspecified atom stereocenters.